The maximum absolute atomic E-state index is 13.1. The SMILES string of the molecule is O=S1(=O)CC[C@H](N(Cc2ccco2)S(=O)(=O)c2ccc(Cl)c(Cl)c2)C1. The number of hydrogen-bond donors (Lipinski definition) is 0. The van der Waals surface area contributed by atoms with E-state index in [0.717, 1.165) is 4.31 Å². The molecule has 0 saturated carbocycles. The summed E-state index contributed by atoms with van der Waals surface area (Å²) < 4.78 is 56.3. The third-order valence-corrected chi connectivity index (χ3v) is 8.39. The van der Waals surface area contributed by atoms with Crippen LogP contribution in [0, 0.1) is 0 Å². The second kappa shape index (κ2) is 6.92. The Morgan fingerprint density at radius 2 is 1.96 bits per heavy atom. The van der Waals surface area contributed by atoms with Crippen molar-refractivity contribution >= 4 is 43.1 Å². The molecule has 0 unspecified atom stereocenters. The molecule has 0 amide bonds. The molecule has 0 bridgehead atoms. The lowest BCUT2D eigenvalue weighted by molar-refractivity contribution is 0.307. The summed E-state index contributed by atoms with van der Waals surface area (Å²) in [6.45, 7) is -0.0598. The summed E-state index contributed by atoms with van der Waals surface area (Å²) in [5.41, 5.74) is 0. The number of benzene rings is 1. The summed E-state index contributed by atoms with van der Waals surface area (Å²) in [6.07, 6.45) is 1.67. The van der Waals surface area contributed by atoms with Crippen LogP contribution in [0.15, 0.2) is 45.9 Å². The molecule has 6 nitrogen and oxygen atoms in total. The van der Waals surface area contributed by atoms with Gasteiger partial charge in [-0.15, -0.1) is 0 Å². The molecule has 0 radical (unpaired) electrons. The number of sulfone groups is 1. The first-order valence-electron chi connectivity index (χ1n) is 7.39. The normalized spacial score (nSPS) is 20.2. The van der Waals surface area contributed by atoms with Gasteiger partial charge in [-0.1, -0.05) is 23.2 Å². The quantitative estimate of drug-likeness (QED) is 0.737. The molecule has 0 aliphatic carbocycles. The van der Waals surface area contributed by atoms with Crippen molar-refractivity contribution < 1.29 is 21.3 Å². The van der Waals surface area contributed by atoms with Crippen LogP contribution in [0.1, 0.15) is 12.2 Å². The Hall–Kier alpha value is -1.06. The van der Waals surface area contributed by atoms with Gasteiger partial charge in [-0.2, -0.15) is 4.31 Å². The van der Waals surface area contributed by atoms with E-state index in [-0.39, 0.29) is 39.4 Å². The highest BCUT2D eigenvalue weighted by molar-refractivity contribution is 7.92. The van der Waals surface area contributed by atoms with E-state index in [1.165, 1.54) is 24.5 Å². The Bertz CT molecular complexity index is 971. The Balaban J connectivity index is 2.01. The summed E-state index contributed by atoms with van der Waals surface area (Å²) >= 11 is 11.8. The molecule has 0 N–H and O–H groups in total. The molecule has 1 fully saturated rings. The van der Waals surface area contributed by atoms with Crippen molar-refractivity contribution in [1.29, 1.82) is 0 Å². The molecule has 1 aliphatic rings. The van der Waals surface area contributed by atoms with Crippen molar-refractivity contribution in [3.8, 4) is 0 Å². The largest absolute Gasteiger partial charge is 0.468 e. The van der Waals surface area contributed by atoms with Crippen molar-refractivity contribution in [2.75, 3.05) is 11.5 Å². The van der Waals surface area contributed by atoms with Gasteiger partial charge >= 0.3 is 0 Å². The van der Waals surface area contributed by atoms with Crippen LogP contribution in [-0.2, 0) is 26.4 Å². The molecule has 1 aromatic heterocycles. The van der Waals surface area contributed by atoms with Crippen LogP contribution in [0.5, 0.6) is 0 Å². The van der Waals surface area contributed by atoms with Gasteiger partial charge in [0.1, 0.15) is 5.76 Å². The lowest BCUT2D eigenvalue weighted by Gasteiger charge is -2.26. The molecule has 3 rings (SSSR count). The van der Waals surface area contributed by atoms with Crippen LogP contribution in [-0.4, -0.2) is 38.7 Å². The monoisotopic (exact) mass is 423 g/mol. The summed E-state index contributed by atoms with van der Waals surface area (Å²) in [7, 11) is -7.24. The van der Waals surface area contributed by atoms with Gasteiger partial charge in [0.25, 0.3) is 0 Å². The predicted molar refractivity (Wildman–Crippen MR) is 95.0 cm³/mol. The average Bonchev–Trinajstić information content (AvgIpc) is 3.16. The van der Waals surface area contributed by atoms with Gasteiger partial charge in [0.2, 0.25) is 10.0 Å². The van der Waals surface area contributed by atoms with E-state index in [0.29, 0.717) is 5.76 Å². The van der Waals surface area contributed by atoms with Crippen LogP contribution in [0.2, 0.25) is 10.0 Å². The van der Waals surface area contributed by atoms with Gasteiger partial charge in [-0.3, -0.25) is 0 Å². The maximum Gasteiger partial charge on any atom is 0.243 e. The van der Waals surface area contributed by atoms with Crippen molar-refractivity contribution in [2.45, 2.75) is 23.9 Å². The lowest BCUT2D eigenvalue weighted by atomic mass is 10.2. The second-order valence-electron chi connectivity index (χ2n) is 5.76. The molecule has 1 atom stereocenters. The molecular weight excluding hydrogens is 409 g/mol. The summed E-state index contributed by atoms with van der Waals surface area (Å²) in [5, 5.41) is 0.348. The highest BCUT2D eigenvalue weighted by atomic mass is 35.5. The van der Waals surface area contributed by atoms with E-state index >= 15 is 0 Å². The van der Waals surface area contributed by atoms with Gasteiger partial charge < -0.3 is 4.42 Å². The Morgan fingerprint density at radius 3 is 2.52 bits per heavy atom. The molecular formula is C15H15Cl2NO5S2. The molecule has 2 aromatic rings. The number of nitrogens with zero attached hydrogens (tertiary/aromatic N) is 1. The first kappa shape index (κ1) is 18.7. The zero-order valence-corrected chi connectivity index (χ0v) is 16.1. The van der Waals surface area contributed by atoms with Gasteiger partial charge in [-0.05, 0) is 36.8 Å². The standard InChI is InChI=1S/C15H15Cl2NO5S2/c16-14-4-3-13(8-15(14)17)25(21,22)18(9-12-2-1-6-23-12)11-5-7-24(19,20)10-11/h1-4,6,8,11H,5,7,9-10H2/t11-/m0/s1. The topological polar surface area (TPSA) is 84.7 Å². The average molecular weight is 424 g/mol. The first-order chi connectivity index (χ1) is 11.7. The van der Waals surface area contributed by atoms with Crippen LogP contribution in [0.3, 0.4) is 0 Å². The Morgan fingerprint density at radius 1 is 1.20 bits per heavy atom. The first-order valence-corrected chi connectivity index (χ1v) is 11.4. The zero-order valence-electron chi connectivity index (χ0n) is 12.9. The summed E-state index contributed by atoms with van der Waals surface area (Å²) in [6, 6.07) is 6.63. The molecule has 1 aromatic carbocycles. The predicted octanol–water partition coefficient (Wildman–Crippen LogP) is 2.96. The lowest BCUT2D eigenvalue weighted by Crippen LogP contribution is -2.40. The minimum Gasteiger partial charge on any atom is -0.468 e. The van der Waals surface area contributed by atoms with E-state index in [9.17, 15) is 16.8 Å². The minimum absolute atomic E-state index is 0.0385. The molecule has 0 spiro atoms. The highest BCUT2D eigenvalue weighted by Gasteiger charge is 2.39. The fourth-order valence-corrected chi connectivity index (χ4v) is 6.58. The third kappa shape index (κ3) is 4.03. The number of sulfonamides is 1. The van der Waals surface area contributed by atoms with Gasteiger partial charge in [0.15, 0.2) is 9.84 Å². The number of furan rings is 1. The van der Waals surface area contributed by atoms with Gasteiger partial charge in [-0.25, -0.2) is 16.8 Å². The Labute approximate surface area is 156 Å². The van der Waals surface area contributed by atoms with Gasteiger partial charge in [0.05, 0.1) is 39.3 Å². The van der Waals surface area contributed by atoms with Crippen LogP contribution in [0.4, 0.5) is 0 Å². The number of rotatable bonds is 5. The van der Waals surface area contributed by atoms with Crippen molar-refractivity contribution in [3.05, 3.63) is 52.4 Å². The third-order valence-electron chi connectivity index (χ3n) is 4.01. The maximum atomic E-state index is 13.1. The summed E-state index contributed by atoms with van der Waals surface area (Å²) in [4.78, 5) is -0.0437. The van der Waals surface area contributed by atoms with E-state index in [2.05, 4.69) is 0 Å². The molecule has 1 aliphatic heterocycles. The van der Waals surface area contributed by atoms with E-state index < -0.39 is 25.9 Å². The van der Waals surface area contributed by atoms with E-state index in [1.807, 2.05) is 0 Å². The fourth-order valence-electron chi connectivity index (χ4n) is 2.74. The minimum atomic E-state index is -3.98. The smallest absolute Gasteiger partial charge is 0.243 e. The molecule has 136 valence electrons. The van der Waals surface area contributed by atoms with Crippen molar-refractivity contribution in [2.24, 2.45) is 0 Å². The molecule has 10 heteroatoms. The molecule has 2 heterocycles. The van der Waals surface area contributed by atoms with Crippen LogP contribution < -0.4 is 0 Å². The highest BCUT2D eigenvalue weighted by Crippen LogP contribution is 2.30. The number of halogens is 2. The van der Waals surface area contributed by atoms with Crippen LogP contribution >= 0.6 is 23.2 Å². The molecule has 25 heavy (non-hydrogen) atoms. The van der Waals surface area contributed by atoms with Crippen LogP contribution in [0.25, 0.3) is 0 Å². The Kier molecular flexibility index (Phi) is 5.18. The zero-order chi connectivity index (χ0) is 18.2. The van der Waals surface area contributed by atoms with E-state index in [4.69, 9.17) is 27.6 Å². The van der Waals surface area contributed by atoms with E-state index in [1.54, 1.807) is 12.1 Å². The fraction of sp³-hybridized carbons (Fsp3) is 0.333. The second-order valence-corrected chi connectivity index (χ2v) is 10.7. The van der Waals surface area contributed by atoms with Crippen molar-refractivity contribution in [3.63, 3.8) is 0 Å². The molecule has 1 saturated heterocycles. The van der Waals surface area contributed by atoms with Crippen molar-refractivity contribution in [1.82, 2.24) is 4.31 Å². The van der Waals surface area contributed by atoms with Gasteiger partial charge in [0, 0.05) is 6.04 Å². The number of hydrogen-bond acceptors (Lipinski definition) is 5. The summed E-state index contributed by atoms with van der Waals surface area (Å²) in [5.74, 6) is 0.172.